The number of hydrogen-bond donors (Lipinski definition) is 5. The van der Waals surface area contributed by atoms with Gasteiger partial charge in [0.15, 0.2) is 0 Å². The highest BCUT2D eigenvalue weighted by Gasteiger charge is 2.29. The van der Waals surface area contributed by atoms with Crippen LogP contribution in [-0.4, -0.2) is 109 Å². The van der Waals surface area contributed by atoms with Crippen molar-refractivity contribution in [2.45, 2.75) is 115 Å². The number of ether oxygens (including phenoxy) is 1. The van der Waals surface area contributed by atoms with Gasteiger partial charge in [-0.25, -0.2) is 9.97 Å². The fourth-order valence-corrected chi connectivity index (χ4v) is 10.5. The van der Waals surface area contributed by atoms with E-state index in [-0.39, 0.29) is 36.0 Å². The Balaban J connectivity index is 0.000000204. The van der Waals surface area contributed by atoms with E-state index in [0.29, 0.717) is 43.9 Å². The third kappa shape index (κ3) is 14.9. The number of aryl methyl sites for hydroxylation is 4. The van der Waals surface area contributed by atoms with E-state index in [1.165, 1.54) is 18.2 Å². The van der Waals surface area contributed by atoms with Crippen LogP contribution in [0.15, 0.2) is 72.8 Å². The van der Waals surface area contributed by atoms with Gasteiger partial charge in [0.1, 0.15) is 11.6 Å². The van der Waals surface area contributed by atoms with Gasteiger partial charge in [0.2, 0.25) is 11.8 Å². The Hall–Kier alpha value is -6.18. The number of carbonyl (C=O) groups excluding carboxylic acids is 3. The summed E-state index contributed by atoms with van der Waals surface area (Å²) in [5.74, 6) is 2.45. The van der Waals surface area contributed by atoms with Crippen LogP contribution in [0.1, 0.15) is 123 Å². The van der Waals surface area contributed by atoms with Gasteiger partial charge in [0.25, 0.3) is 0 Å². The Morgan fingerprint density at radius 1 is 0.667 bits per heavy atom. The van der Waals surface area contributed by atoms with E-state index in [1.807, 2.05) is 54.2 Å². The highest BCUT2D eigenvalue weighted by Crippen LogP contribution is 2.35. The van der Waals surface area contributed by atoms with Crippen LogP contribution in [0.25, 0.3) is 0 Å². The highest BCUT2D eigenvalue weighted by atomic mass is 16.5. The van der Waals surface area contributed by atoms with E-state index in [0.717, 1.165) is 149 Å². The number of carboxylic acids is 1. The molecule has 6 heterocycles. The first-order valence-corrected chi connectivity index (χ1v) is 25.4. The maximum Gasteiger partial charge on any atom is 0.306 e. The zero-order valence-corrected chi connectivity index (χ0v) is 41.1. The number of nitrogens with one attached hydrogen (secondary N) is 4. The molecule has 5 N–H and O–H groups in total. The number of methoxy groups -OCH3 is 1. The van der Waals surface area contributed by atoms with Crippen LogP contribution in [0.3, 0.4) is 0 Å². The maximum absolute atomic E-state index is 12.9. The standard InChI is InChI=1S/C28H38N4O3.C27H36N4O3/c1-29-25-7-3-5-22(18-25)23(19-27(34)35-2)17-20-12-15-32(16-13-20)26(33)11-10-24-9-8-21-6-4-14-30-28(21)31-24;1-28-24-6-2-4-21(17-24)22(18-26(33)34)16-19-11-14-31(15-12-19)25(32)10-9-23-8-7-20-5-3-13-29-27(20)30-23/h3,5,7-9,18,20,23,29H,4,6,10-17,19H2,1-2H3,(H,30,31);2,4,6-8,17,19,22,28H,3,5,9-16,18H2,1H3,(H,29,30)(H,33,34). The summed E-state index contributed by atoms with van der Waals surface area (Å²) < 4.78 is 4.97. The number of likely N-dealkylation sites (tertiary alicyclic amines) is 2. The summed E-state index contributed by atoms with van der Waals surface area (Å²) in [5.41, 5.74) is 8.76. The topological polar surface area (TPSA) is 178 Å². The number of piperidine rings is 2. The van der Waals surface area contributed by atoms with Crippen molar-refractivity contribution in [3.05, 3.63) is 106 Å². The molecule has 69 heavy (non-hydrogen) atoms. The number of fused-ring (bicyclic) bond motifs is 2. The van der Waals surface area contributed by atoms with Crippen molar-refractivity contribution >= 4 is 46.8 Å². The molecule has 4 aliphatic heterocycles. The Morgan fingerprint density at radius 2 is 1.12 bits per heavy atom. The Morgan fingerprint density at radius 3 is 1.54 bits per heavy atom. The molecule has 0 spiro atoms. The summed E-state index contributed by atoms with van der Waals surface area (Å²) in [4.78, 5) is 62.7. The lowest BCUT2D eigenvalue weighted by atomic mass is 9.82. The monoisotopic (exact) mass is 943 g/mol. The van der Waals surface area contributed by atoms with Gasteiger partial charge < -0.3 is 40.9 Å². The van der Waals surface area contributed by atoms with Gasteiger partial charge in [-0.1, -0.05) is 36.4 Å². The van der Waals surface area contributed by atoms with Gasteiger partial charge in [0.05, 0.1) is 20.0 Å². The molecule has 0 saturated carbocycles. The zero-order valence-electron chi connectivity index (χ0n) is 41.1. The fourth-order valence-electron chi connectivity index (χ4n) is 10.5. The SMILES string of the molecule is CNc1cccc(C(CC(=O)O)CC2CCN(C(=O)CCc3ccc4c(n3)NCCC4)CC2)c1.CNc1cccc(C(CC(=O)OC)CC2CCN(C(=O)CCc3ccc4c(n3)NCCC4)CC2)c1. The third-order valence-corrected chi connectivity index (χ3v) is 14.6. The summed E-state index contributed by atoms with van der Waals surface area (Å²) in [6.45, 7) is 5.00. The van der Waals surface area contributed by atoms with Crippen molar-refractivity contribution in [2.24, 2.45) is 11.8 Å². The molecule has 2 saturated heterocycles. The smallest absolute Gasteiger partial charge is 0.306 e. The number of carboxylic acid groups (broad SMARTS) is 1. The molecule has 14 nitrogen and oxygen atoms in total. The number of aromatic nitrogens is 2. The zero-order chi connectivity index (χ0) is 48.5. The predicted octanol–water partition coefficient (Wildman–Crippen LogP) is 8.69. The molecule has 2 unspecified atom stereocenters. The highest BCUT2D eigenvalue weighted by molar-refractivity contribution is 5.77. The molecule has 2 atom stereocenters. The largest absolute Gasteiger partial charge is 0.481 e. The molecule has 4 aromatic rings. The number of anilines is 4. The summed E-state index contributed by atoms with van der Waals surface area (Å²) >= 11 is 0. The van der Waals surface area contributed by atoms with Crippen LogP contribution in [0.5, 0.6) is 0 Å². The van der Waals surface area contributed by atoms with E-state index in [9.17, 15) is 24.3 Å². The number of amides is 2. The van der Waals surface area contributed by atoms with Crippen molar-refractivity contribution < 1.29 is 29.0 Å². The maximum atomic E-state index is 12.9. The Bertz CT molecular complexity index is 2340. The number of carbonyl (C=O) groups is 4. The molecular weight excluding hydrogens is 869 g/mol. The molecule has 2 aromatic carbocycles. The van der Waals surface area contributed by atoms with Gasteiger partial charge in [0, 0.05) is 89.0 Å². The molecule has 0 radical (unpaired) electrons. The van der Waals surface area contributed by atoms with Crippen LogP contribution < -0.4 is 21.3 Å². The van der Waals surface area contributed by atoms with E-state index in [4.69, 9.17) is 14.7 Å². The molecule has 8 rings (SSSR count). The number of esters is 1. The molecule has 4 aliphatic rings. The third-order valence-electron chi connectivity index (χ3n) is 14.6. The first-order chi connectivity index (χ1) is 33.6. The van der Waals surface area contributed by atoms with E-state index in [2.05, 4.69) is 63.7 Å². The lowest BCUT2D eigenvalue weighted by Gasteiger charge is -2.34. The van der Waals surface area contributed by atoms with Crippen molar-refractivity contribution in [1.82, 2.24) is 19.8 Å². The quantitative estimate of drug-likeness (QED) is 0.0601. The molecule has 2 fully saturated rings. The molecule has 0 bridgehead atoms. The number of hydrogen-bond acceptors (Lipinski definition) is 11. The molecule has 0 aliphatic carbocycles. The van der Waals surface area contributed by atoms with Gasteiger partial charge in [-0.2, -0.15) is 0 Å². The van der Waals surface area contributed by atoms with Crippen molar-refractivity contribution in [3.63, 3.8) is 0 Å². The van der Waals surface area contributed by atoms with Crippen LogP contribution in [0.2, 0.25) is 0 Å². The average molecular weight is 943 g/mol. The van der Waals surface area contributed by atoms with E-state index >= 15 is 0 Å². The van der Waals surface area contributed by atoms with Crippen LogP contribution >= 0.6 is 0 Å². The van der Waals surface area contributed by atoms with Crippen LogP contribution in [0.4, 0.5) is 23.0 Å². The summed E-state index contributed by atoms with van der Waals surface area (Å²) in [5, 5.41) is 22.5. The minimum Gasteiger partial charge on any atom is -0.481 e. The van der Waals surface area contributed by atoms with Gasteiger partial charge >= 0.3 is 11.9 Å². The summed E-state index contributed by atoms with van der Waals surface area (Å²) in [7, 11) is 5.22. The summed E-state index contributed by atoms with van der Waals surface area (Å²) in [6, 6.07) is 24.7. The molecular formula is C55H74N8O6. The van der Waals surface area contributed by atoms with E-state index < -0.39 is 5.97 Å². The minimum atomic E-state index is -0.765. The summed E-state index contributed by atoms with van der Waals surface area (Å²) in [6.07, 6.45) is 12.8. The molecule has 370 valence electrons. The second kappa shape index (κ2) is 25.4. The van der Waals surface area contributed by atoms with Gasteiger partial charge in [-0.15, -0.1) is 0 Å². The van der Waals surface area contributed by atoms with Gasteiger partial charge in [-0.3, -0.25) is 19.2 Å². The van der Waals surface area contributed by atoms with E-state index in [1.54, 1.807) is 0 Å². The molecule has 2 aromatic heterocycles. The van der Waals surface area contributed by atoms with Crippen molar-refractivity contribution in [1.29, 1.82) is 0 Å². The van der Waals surface area contributed by atoms with Gasteiger partial charge in [-0.05, 0) is 159 Å². The Kier molecular flexibility index (Phi) is 18.7. The number of pyridine rings is 2. The number of rotatable bonds is 18. The average Bonchev–Trinajstić information content (AvgIpc) is 3.39. The minimum absolute atomic E-state index is 0.0123. The first kappa shape index (κ1) is 50.7. The number of nitrogens with zero attached hydrogens (tertiary/aromatic N) is 4. The normalized spacial score (nSPS) is 16.8. The first-order valence-electron chi connectivity index (χ1n) is 25.4. The lowest BCUT2D eigenvalue weighted by molar-refractivity contribution is -0.141. The number of aliphatic carboxylic acids is 1. The van der Waals surface area contributed by atoms with Crippen LogP contribution in [-0.2, 0) is 49.6 Å². The second-order valence-electron chi connectivity index (χ2n) is 19.3. The fraction of sp³-hybridized carbons (Fsp3) is 0.527. The predicted molar refractivity (Wildman–Crippen MR) is 273 cm³/mol. The molecule has 14 heteroatoms. The molecule has 2 amide bonds. The lowest BCUT2D eigenvalue weighted by Crippen LogP contribution is -2.39. The van der Waals surface area contributed by atoms with Crippen molar-refractivity contribution in [2.75, 3.05) is 81.7 Å². The number of benzene rings is 2. The van der Waals surface area contributed by atoms with Crippen molar-refractivity contribution in [3.8, 4) is 0 Å². The Labute approximate surface area is 408 Å². The van der Waals surface area contributed by atoms with Crippen LogP contribution in [0, 0.1) is 11.8 Å². The second-order valence-corrected chi connectivity index (χ2v) is 19.3.